The molecule has 1 aromatic heterocycles. The highest BCUT2D eigenvalue weighted by Crippen LogP contribution is 2.30. The molecule has 1 fully saturated rings. The summed E-state index contributed by atoms with van der Waals surface area (Å²) in [6.45, 7) is 6.20. The second-order valence-corrected chi connectivity index (χ2v) is 7.13. The molecule has 118 valence electrons. The van der Waals surface area contributed by atoms with Crippen LogP contribution in [0.5, 0.6) is 0 Å². The van der Waals surface area contributed by atoms with Crippen LogP contribution in [-0.4, -0.2) is 26.9 Å². The van der Waals surface area contributed by atoms with E-state index >= 15 is 0 Å². The number of carbonyl (C=O) groups is 1. The summed E-state index contributed by atoms with van der Waals surface area (Å²) in [6.07, 6.45) is 7.60. The lowest BCUT2D eigenvalue weighted by Gasteiger charge is -2.28. The molecule has 2 N–H and O–H groups in total. The van der Waals surface area contributed by atoms with Crippen molar-refractivity contribution in [2.24, 2.45) is 7.05 Å². The maximum absolute atomic E-state index is 11.8. The van der Waals surface area contributed by atoms with Gasteiger partial charge in [0.15, 0.2) is 0 Å². The van der Waals surface area contributed by atoms with Gasteiger partial charge in [0.05, 0.1) is 5.69 Å². The van der Waals surface area contributed by atoms with E-state index in [1.165, 1.54) is 19.3 Å². The Balaban J connectivity index is 2.27. The topological polar surface area (TPSA) is 67.2 Å². The molecule has 0 radical (unpaired) electrons. The monoisotopic (exact) mass is 293 g/mol. The second kappa shape index (κ2) is 6.18. The number of aryl methyl sites for hydroxylation is 1. The molecular formula is C16H27N3O2. The van der Waals surface area contributed by atoms with Gasteiger partial charge in [-0.05, 0) is 12.8 Å². The number of carboxylic acid groups (broad SMARTS) is 1. The Bertz CT molecular complexity index is 496. The normalized spacial score (nSPS) is 18.7. The third-order valence-corrected chi connectivity index (χ3v) is 4.13. The van der Waals surface area contributed by atoms with Gasteiger partial charge in [0.1, 0.15) is 6.04 Å². The van der Waals surface area contributed by atoms with Crippen LogP contribution >= 0.6 is 0 Å². The van der Waals surface area contributed by atoms with Crippen LogP contribution in [0.1, 0.15) is 70.2 Å². The Labute approximate surface area is 126 Å². The van der Waals surface area contributed by atoms with E-state index in [0.717, 1.165) is 24.1 Å². The zero-order valence-corrected chi connectivity index (χ0v) is 13.5. The number of nitrogens with one attached hydrogen (secondary N) is 1. The summed E-state index contributed by atoms with van der Waals surface area (Å²) >= 11 is 0. The van der Waals surface area contributed by atoms with Crippen molar-refractivity contribution < 1.29 is 9.90 Å². The van der Waals surface area contributed by atoms with E-state index in [1.807, 2.05) is 13.2 Å². The van der Waals surface area contributed by atoms with Crippen molar-refractivity contribution in [3.8, 4) is 0 Å². The van der Waals surface area contributed by atoms with Gasteiger partial charge in [0.2, 0.25) is 0 Å². The Hall–Kier alpha value is -1.36. The molecule has 21 heavy (non-hydrogen) atoms. The molecule has 0 spiro atoms. The molecule has 1 atom stereocenters. The standard InChI is InChI=1S/C16H27N3O2/c1-16(2,3)14-12(10-19(4)18-14)13(15(20)21)17-11-8-6-5-7-9-11/h10-11,13,17H,5-9H2,1-4H3,(H,20,21). The number of hydrogen-bond acceptors (Lipinski definition) is 3. The molecule has 1 unspecified atom stereocenters. The van der Waals surface area contributed by atoms with E-state index in [4.69, 9.17) is 0 Å². The van der Waals surface area contributed by atoms with Gasteiger partial charge >= 0.3 is 5.97 Å². The summed E-state index contributed by atoms with van der Waals surface area (Å²) in [4.78, 5) is 11.8. The van der Waals surface area contributed by atoms with E-state index in [1.54, 1.807) is 4.68 Å². The third kappa shape index (κ3) is 3.84. The molecule has 1 heterocycles. The van der Waals surface area contributed by atoms with Crippen molar-refractivity contribution in [1.82, 2.24) is 15.1 Å². The summed E-state index contributed by atoms with van der Waals surface area (Å²) < 4.78 is 1.72. The SMILES string of the molecule is Cn1cc(C(NC2CCCCC2)C(=O)O)c(C(C)(C)C)n1. The van der Waals surface area contributed by atoms with Crippen LogP contribution in [-0.2, 0) is 17.3 Å². The van der Waals surface area contributed by atoms with Crippen LogP contribution in [0.25, 0.3) is 0 Å². The summed E-state index contributed by atoms with van der Waals surface area (Å²) in [6, 6.07) is -0.371. The van der Waals surface area contributed by atoms with E-state index in [0.29, 0.717) is 6.04 Å². The Kier molecular flexibility index (Phi) is 4.71. The predicted octanol–water partition coefficient (Wildman–Crippen LogP) is 2.77. The molecular weight excluding hydrogens is 266 g/mol. The van der Waals surface area contributed by atoms with Crippen LogP contribution < -0.4 is 5.32 Å². The highest BCUT2D eigenvalue weighted by atomic mass is 16.4. The molecule has 5 nitrogen and oxygen atoms in total. The second-order valence-electron chi connectivity index (χ2n) is 7.13. The maximum Gasteiger partial charge on any atom is 0.325 e. The maximum atomic E-state index is 11.8. The number of hydrogen-bond donors (Lipinski definition) is 2. The van der Waals surface area contributed by atoms with Gasteiger partial charge in [0.25, 0.3) is 0 Å². The average molecular weight is 293 g/mol. The van der Waals surface area contributed by atoms with Gasteiger partial charge in [-0.2, -0.15) is 5.10 Å². The van der Waals surface area contributed by atoms with Crippen molar-refractivity contribution in [1.29, 1.82) is 0 Å². The molecule has 0 aliphatic heterocycles. The smallest absolute Gasteiger partial charge is 0.325 e. The fraction of sp³-hybridized carbons (Fsp3) is 0.750. The Morgan fingerprint density at radius 3 is 2.52 bits per heavy atom. The van der Waals surface area contributed by atoms with Gasteiger partial charge in [-0.25, -0.2) is 0 Å². The number of carboxylic acids is 1. The number of aliphatic carboxylic acids is 1. The first-order valence-corrected chi connectivity index (χ1v) is 7.82. The van der Waals surface area contributed by atoms with E-state index in [9.17, 15) is 9.90 Å². The van der Waals surface area contributed by atoms with Crippen LogP contribution in [0.15, 0.2) is 6.20 Å². The highest BCUT2D eigenvalue weighted by Gasteiger charge is 2.32. The fourth-order valence-corrected chi connectivity index (χ4v) is 3.10. The van der Waals surface area contributed by atoms with E-state index in [-0.39, 0.29) is 5.41 Å². The predicted molar refractivity (Wildman–Crippen MR) is 82.3 cm³/mol. The molecule has 0 amide bonds. The molecule has 0 bridgehead atoms. The molecule has 1 aromatic rings. The van der Waals surface area contributed by atoms with Crippen LogP contribution in [0.3, 0.4) is 0 Å². The zero-order chi connectivity index (χ0) is 15.6. The van der Waals surface area contributed by atoms with Crippen molar-refractivity contribution in [3.05, 3.63) is 17.5 Å². The largest absolute Gasteiger partial charge is 0.480 e. The zero-order valence-electron chi connectivity index (χ0n) is 13.5. The lowest BCUT2D eigenvalue weighted by molar-refractivity contribution is -0.140. The summed E-state index contributed by atoms with van der Waals surface area (Å²) in [7, 11) is 1.85. The first kappa shape index (κ1) is 16.0. The first-order chi connectivity index (χ1) is 9.79. The lowest BCUT2D eigenvalue weighted by Crippen LogP contribution is -2.39. The van der Waals surface area contributed by atoms with Crippen molar-refractivity contribution in [2.75, 3.05) is 0 Å². The molecule has 5 heteroatoms. The molecule has 0 aromatic carbocycles. The van der Waals surface area contributed by atoms with Gasteiger partial charge in [-0.3, -0.25) is 14.8 Å². The third-order valence-electron chi connectivity index (χ3n) is 4.13. The number of aromatic nitrogens is 2. The first-order valence-electron chi connectivity index (χ1n) is 7.82. The van der Waals surface area contributed by atoms with E-state index < -0.39 is 12.0 Å². The lowest BCUT2D eigenvalue weighted by atomic mass is 9.87. The van der Waals surface area contributed by atoms with Crippen LogP contribution in [0.2, 0.25) is 0 Å². The van der Waals surface area contributed by atoms with E-state index in [2.05, 4.69) is 31.2 Å². The van der Waals surface area contributed by atoms with Crippen molar-refractivity contribution >= 4 is 5.97 Å². The van der Waals surface area contributed by atoms with Crippen molar-refractivity contribution in [3.63, 3.8) is 0 Å². The average Bonchev–Trinajstić information content (AvgIpc) is 2.78. The minimum absolute atomic E-state index is 0.168. The molecule has 2 rings (SSSR count). The minimum atomic E-state index is -0.820. The summed E-state index contributed by atoms with van der Waals surface area (Å²) in [5.74, 6) is -0.820. The number of rotatable bonds is 4. The quantitative estimate of drug-likeness (QED) is 0.896. The molecule has 1 aliphatic rings. The van der Waals surface area contributed by atoms with Gasteiger partial charge < -0.3 is 5.11 Å². The minimum Gasteiger partial charge on any atom is -0.480 e. The molecule has 0 saturated heterocycles. The summed E-state index contributed by atoms with van der Waals surface area (Å²) in [5.41, 5.74) is 1.49. The van der Waals surface area contributed by atoms with Gasteiger partial charge in [0, 0.05) is 30.3 Å². The summed E-state index contributed by atoms with van der Waals surface area (Å²) in [5, 5.41) is 17.5. The van der Waals surface area contributed by atoms with Crippen LogP contribution in [0.4, 0.5) is 0 Å². The van der Waals surface area contributed by atoms with Crippen LogP contribution in [0, 0.1) is 0 Å². The Morgan fingerprint density at radius 2 is 2.00 bits per heavy atom. The molecule has 1 aliphatic carbocycles. The number of nitrogens with zero attached hydrogens (tertiary/aromatic N) is 2. The fourth-order valence-electron chi connectivity index (χ4n) is 3.10. The van der Waals surface area contributed by atoms with Gasteiger partial charge in [-0.1, -0.05) is 40.0 Å². The molecule has 1 saturated carbocycles. The van der Waals surface area contributed by atoms with Gasteiger partial charge in [-0.15, -0.1) is 0 Å². The Morgan fingerprint density at radius 1 is 1.38 bits per heavy atom. The van der Waals surface area contributed by atoms with Crippen molar-refractivity contribution in [2.45, 2.75) is 70.4 Å². The highest BCUT2D eigenvalue weighted by molar-refractivity contribution is 5.76.